The summed E-state index contributed by atoms with van der Waals surface area (Å²) in [6.07, 6.45) is 0.869. The van der Waals surface area contributed by atoms with Gasteiger partial charge in [-0.25, -0.2) is 0 Å². The van der Waals surface area contributed by atoms with Gasteiger partial charge in [-0.3, -0.25) is 4.79 Å². The number of nitrogens with zero attached hydrogens (tertiary/aromatic N) is 2. The number of anilines is 1. The van der Waals surface area contributed by atoms with Gasteiger partial charge < -0.3 is 10.6 Å². The van der Waals surface area contributed by atoms with Crippen molar-refractivity contribution in [2.75, 3.05) is 11.9 Å². The molecule has 0 spiro atoms. The first-order chi connectivity index (χ1) is 8.51. The topological polar surface area (TPSA) is 70.1 Å². The van der Waals surface area contributed by atoms with Crippen molar-refractivity contribution in [2.24, 2.45) is 11.7 Å². The second-order valence-electron chi connectivity index (χ2n) is 4.47. The molecule has 0 saturated carbocycles. The first kappa shape index (κ1) is 14.2. The summed E-state index contributed by atoms with van der Waals surface area (Å²) in [5, 5.41) is 8.72. The van der Waals surface area contributed by atoms with Gasteiger partial charge in [0.1, 0.15) is 0 Å². The van der Waals surface area contributed by atoms with Crippen molar-refractivity contribution in [1.29, 1.82) is 5.26 Å². The molecule has 1 amide bonds. The van der Waals surface area contributed by atoms with Crippen molar-refractivity contribution in [2.45, 2.75) is 26.3 Å². The molecule has 2 atom stereocenters. The molecule has 4 nitrogen and oxygen atoms in total. The van der Waals surface area contributed by atoms with Gasteiger partial charge in [-0.1, -0.05) is 20.3 Å². The molecule has 0 fully saturated rings. The lowest BCUT2D eigenvalue weighted by Gasteiger charge is -2.24. The fraction of sp³-hybridized carbons (Fsp3) is 0.429. The van der Waals surface area contributed by atoms with E-state index in [4.69, 9.17) is 11.0 Å². The second-order valence-corrected chi connectivity index (χ2v) is 4.47. The number of carbonyl (C=O) groups excluding carboxylic acids is 1. The second kappa shape index (κ2) is 6.18. The van der Waals surface area contributed by atoms with Crippen LogP contribution in [0.1, 0.15) is 25.8 Å². The van der Waals surface area contributed by atoms with Gasteiger partial charge in [-0.15, -0.1) is 0 Å². The van der Waals surface area contributed by atoms with Gasteiger partial charge in [0.15, 0.2) is 0 Å². The molecule has 1 rings (SSSR count). The summed E-state index contributed by atoms with van der Waals surface area (Å²) < 4.78 is 0. The summed E-state index contributed by atoms with van der Waals surface area (Å²) in [6.45, 7) is 3.98. The van der Waals surface area contributed by atoms with Gasteiger partial charge in [-0.05, 0) is 30.2 Å². The van der Waals surface area contributed by atoms with Gasteiger partial charge in [0, 0.05) is 12.7 Å². The predicted molar refractivity (Wildman–Crippen MR) is 72.0 cm³/mol. The molecule has 18 heavy (non-hydrogen) atoms. The number of likely N-dealkylation sites (N-methyl/N-ethyl adjacent to an activating group) is 1. The summed E-state index contributed by atoms with van der Waals surface area (Å²) >= 11 is 0. The number of carbonyl (C=O) groups is 1. The van der Waals surface area contributed by atoms with Crippen LogP contribution in [0.3, 0.4) is 0 Å². The number of nitrogens with two attached hydrogens (primary N) is 1. The van der Waals surface area contributed by atoms with E-state index in [9.17, 15) is 4.79 Å². The van der Waals surface area contributed by atoms with E-state index in [0.29, 0.717) is 5.56 Å². The predicted octanol–water partition coefficient (Wildman–Crippen LogP) is 1.89. The molecule has 0 aliphatic heterocycles. The Kier molecular flexibility index (Phi) is 4.87. The van der Waals surface area contributed by atoms with Crippen molar-refractivity contribution in [1.82, 2.24) is 0 Å². The first-order valence-corrected chi connectivity index (χ1v) is 6.04. The zero-order chi connectivity index (χ0) is 13.7. The van der Waals surface area contributed by atoms with Crippen LogP contribution >= 0.6 is 0 Å². The average molecular weight is 245 g/mol. The molecule has 2 N–H and O–H groups in total. The van der Waals surface area contributed by atoms with E-state index in [2.05, 4.69) is 0 Å². The fourth-order valence-corrected chi connectivity index (χ4v) is 1.61. The third-order valence-electron chi connectivity index (χ3n) is 3.26. The SMILES string of the molecule is CCC(C)[C@H](N)C(=O)N(C)c1ccc(C#N)cc1. The summed E-state index contributed by atoms with van der Waals surface area (Å²) in [5.74, 6) is 0.0485. The number of amides is 1. The molecule has 96 valence electrons. The Morgan fingerprint density at radius 1 is 1.44 bits per heavy atom. The highest BCUT2D eigenvalue weighted by atomic mass is 16.2. The fourth-order valence-electron chi connectivity index (χ4n) is 1.61. The van der Waals surface area contributed by atoms with Gasteiger partial charge in [-0.2, -0.15) is 5.26 Å². The number of nitriles is 1. The minimum atomic E-state index is -0.490. The Hall–Kier alpha value is -1.86. The summed E-state index contributed by atoms with van der Waals surface area (Å²) in [5.41, 5.74) is 7.24. The van der Waals surface area contributed by atoms with Crippen molar-refractivity contribution >= 4 is 11.6 Å². The van der Waals surface area contributed by atoms with Crippen LogP contribution < -0.4 is 10.6 Å². The van der Waals surface area contributed by atoms with E-state index in [1.807, 2.05) is 19.9 Å². The molecule has 0 radical (unpaired) electrons. The Labute approximate surface area is 108 Å². The van der Waals surface area contributed by atoms with E-state index in [1.54, 1.807) is 31.3 Å². The third-order valence-corrected chi connectivity index (χ3v) is 3.26. The minimum absolute atomic E-state index is 0.103. The maximum absolute atomic E-state index is 12.1. The normalized spacial score (nSPS) is 13.5. The average Bonchev–Trinajstić information content (AvgIpc) is 2.44. The Bertz CT molecular complexity index is 447. The van der Waals surface area contributed by atoms with Gasteiger partial charge >= 0.3 is 0 Å². The Balaban J connectivity index is 2.83. The third kappa shape index (κ3) is 3.08. The van der Waals surface area contributed by atoms with Crippen LogP contribution in [0.5, 0.6) is 0 Å². The quantitative estimate of drug-likeness (QED) is 0.880. The number of hydrogen-bond donors (Lipinski definition) is 1. The van der Waals surface area contributed by atoms with Crippen molar-refractivity contribution in [3.8, 4) is 6.07 Å². The molecule has 0 aromatic heterocycles. The number of hydrogen-bond acceptors (Lipinski definition) is 3. The van der Waals surface area contributed by atoms with Crippen molar-refractivity contribution in [3.05, 3.63) is 29.8 Å². The minimum Gasteiger partial charge on any atom is -0.320 e. The molecule has 0 bridgehead atoms. The molecule has 0 aliphatic carbocycles. The zero-order valence-electron chi connectivity index (χ0n) is 11.1. The highest BCUT2D eigenvalue weighted by molar-refractivity contribution is 5.96. The van der Waals surface area contributed by atoms with Crippen LogP contribution in [0.2, 0.25) is 0 Å². The van der Waals surface area contributed by atoms with Crippen LogP contribution in [0.4, 0.5) is 5.69 Å². The van der Waals surface area contributed by atoms with Crippen molar-refractivity contribution < 1.29 is 4.79 Å². The summed E-state index contributed by atoms with van der Waals surface area (Å²) in [6, 6.07) is 8.43. The molecular weight excluding hydrogens is 226 g/mol. The summed E-state index contributed by atoms with van der Waals surface area (Å²) in [7, 11) is 1.70. The van der Waals surface area contributed by atoms with E-state index >= 15 is 0 Å². The number of rotatable bonds is 4. The van der Waals surface area contributed by atoms with Crippen LogP contribution in [0.25, 0.3) is 0 Å². The van der Waals surface area contributed by atoms with Gasteiger partial charge in [0.05, 0.1) is 17.7 Å². The molecule has 1 aromatic carbocycles. The lowest BCUT2D eigenvalue weighted by Crippen LogP contribution is -2.45. The summed E-state index contributed by atoms with van der Waals surface area (Å²) in [4.78, 5) is 13.7. The van der Waals surface area contributed by atoms with Gasteiger partial charge in [0.25, 0.3) is 0 Å². The van der Waals surface area contributed by atoms with Crippen LogP contribution in [-0.2, 0) is 4.79 Å². The van der Waals surface area contributed by atoms with Crippen LogP contribution in [-0.4, -0.2) is 19.0 Å². The highest BCUT2D eigenvalue weighted by Gasteiger charge is 2.23. The molecule has 4 heteroatoms. The Morgan fingerprint density at radius 2 is 2.00 bits per heavy atom. The van der Waals surface area contributed by atoms with E-state index < -0.39 is 6.04 Å². The lowest BCUT2D eigenvalue weighted by atomic mass is 9.99. The van der Waals surface area contributed by atoms with Gasteiger partial charge in [0.2, 0.25) is 5.91 Å². The molecule has 1 aromatic rings. The molecule has 0 heterocycles. The molecular formula is C14H19N3O. The van der Waals surface area contributed by atoms with Crippen LogP contribution in [0.15, 0.2) is 24.3 Å². The molecule has 1 unspecified atom stereocenters. The van der Waals surface area contributed by atoms with E-state index in [1.165, 1.54) is 4.90 Å². The monoisotopic (exact) mass is 245 g/mol. The maximum atomic E-state index is 12.1. The molecule has 0 aliphatic rings. The van der Waals surface area contributed by atoms with Crippen LogP contribution in [0, 0.1) is 17.2 Å². The first-order valence-electron chi connectivity index (χ1n) is 6.04. The smallest absolute Gasteiger partial charge is 0.243 e. The van der Waals surface area contributed by atoms with E-state index in [0.717, 1.165) is 12.1 Å². The maximum Gasteiger partial charge on any atom is 0.243 e. The number of benzene rings is 1. The van der Waals surface area contributed by atoms with E-state index in [-0.39, 0.29) is 11.8 Å². The van der Waals surface area contributed by atoms with Crippen molar-refractivity contribution in [3.63, 3.8) is 0 Å². The lowest BCUT2D eigenvalue weighted by molar-refractivity contribution is -0.120. The highest BCUT2D eigenvalue weighted by Crippen LogP contribution is 2.16. The largest absolute Gasteiger partial charge is 0.320 e. The Morgan fingerprint density at radius 3 is 2.44 bits per heavy atom. The zero-order valence-corrected chi connectivity index (χ0v) is 11.1. The standard InChI is InChI=1S/C14H19N3O/c1-4-10(2)13(16)14(18)17(3)12-7-5-11(9-15)6-8-12/h5-8,10,13H,4,16H2,1-3H3/t10?,13-/m0/s1. The molecule has 0 saturated heterocycles.